The number of thiocarbonyl (C=S) groups is 1. The Morgan fingerprint density at radius 2 is 2.05 bits per heavy atom. The molecule has 0 saturated heterocycles. The molecule has 0 aliphatic rings. The Labute approximate surface area is 127 Å². The second-order valence-corrected chi connectivity index (χ2v) is 6.47. The van der Waals surface area contributed by atoms with Gasteiger partial charge in [0.05, 0.1) is 6.54 Å². The molecule has 6 heteroatoms. The maximum Gasteiger partial charge on any atom is 0.239 e. The Morgan fingerprint density at radius 1 is 1.42 bits per heavy atom. The average Bonchev–Trinajstić information content (AvgIpc) is 2.23. The van der Waals surface area contributed by atoms with Gasteiger partial charge in [-0.15, -0.1) is 0 Å². The van der Waals surface area contributed by atoms with E-state index in [1.807, 2.05) is 39.0 Å². The quantitative estimate of drug-likeness (QED) is 0.734. The molecule has 0 atom stereocenters. The summed E-state index contributed by atoms with van der Waals surface area (Å²) in [7, 11) is 0. The lowest BCUT2D eigenvalue weighted by molar-refractivity contribution is -0.120. The van der Waals surface area contributed by atoms with Gasteiger partial charge in [-0.25, -0.2) is 0 Å². The smallest absolute Gasteiger partial charge is 0.239 e. The number of anilines is 1. The minimum atomic E-state index is -0.248. The average molecular weight is 344 g/mol. The SMILES string of the molecule is CC(C)(C)NC(=O)CNc1cccc(Br)c1C(N)=S. The van der Waals surface area contributed by atoms with E-state index in [0.29, 0.717) is 5.56 Å². The minimum Gasteiger partial charge on any atom is -0.389 e. The highest BCUT2D eigenvalue weighted by molar-refractivity contribution is 9.10. The molecule has 0 fully saturated rings. The van der Waals surface area contributed by atoms with Gasteiger partial charge >= 0.3 is 0 Å². The van der Waals surface area contributed by atoms with Crippen LogP contribution in [-0.4, -0.2) is 23.0 Å². The van der Waals surface area contributed by atoms with Crippen molar-refractivity contribution in [1.82, 2.24) is 5.32 Å². The summed E-state index contributed by atoms with van der Waals surface area (Å²) in [5.41, 5.74) is 6.89. The number of halogens is 1. The summed E-state index contributed by atoms with van der Waals surface area (Å²) in [6.07, 6.45) is 0. The van der Waals surface area contributed by atoms with Gasteiger partial charge in [0.25, 0.3) is 0 Å². The number of carbonyl (C=O) groups is 1. The maximum atomic E-state index is 11.7. The van der Waals surface area contributed by atoms with E-state index in [2.05, 4.69) is 26.6 Å². The fourth-order valence-corrected chi connectivity index (χ4v) is 2.49. The molecule has 4 nitrogen and oxygen atoms in total. The van der Waals surface area contributed by atoms with Crippen LogP contribution in [0.15, 0.2) is 22.7 Å². The highest BCUT2D eigenvalue weighted by atomic mass is 79.9. The molecule has 0 saturated carbocycles. The third kappa shape index (κ3) is 5.16. The van der Waals surface area contributed by atoms with E-state index in [1.54, 1.807) is 0 Å². The zero-order valence-corrected chi connectivity index (χ0v) is 13.6. The van der Waals surface area contributed by atoms with Gasteiger partial charge in [0, 0.05) is 21.3 Å². The third-order valence-electron chi connectivity index (χ3n) is 2.21. The van der Waals surface area contributed by atoms with Gasteiger partial charge in [-0.05, 0) is 48.8 Å². The predicted molar refractivity (Wildman–Crippen MR) is 86.4 cm³/mol. The van der Waals surface area contributed by atoms with Gasteiger partial charge in [-0.1, -0.05) is 18.3 Å². The maximum absolute atomic E-state index is 11.7. The molecule has 1 amide bonds. The topological polar surface area (TPSA) is 67.2 Å². The summed E-state index contributed by atoms with van der Waals surface area (Å²) >= 11 is 8.41. The molecule has 4 N–H and O–H groups in total. The largest absolute Gasteiger partial charge is 0.389 e. The molecule has 1 aromatic rings. The Bertz CT molecular complexity index is 497. The van der Waals surface area contributed by atoms with Gasteiger partial charge < -0.3 is 16.4 Å². The van der Waals surface area contributed by atoms with E-state index in [-0.39, 0.29) is 23.0 Å². The first-order valence-electron chi connectivity index (χ1n) is 5.84. The van der Waals surface area contributed by atoms with Crippen molar-refractivity contribution in [3.05, 3.63) is 28.2 Å². The van der Waals surface area contributed by atoms with Gasteiger partial charge in [0.15, 0.2) is 0 Å². The highest BCUT2D eigenvalue weighted by Crippen LogP contribution is 2.24. The third-order valence-corrected chi connectivity index (χ3v) is 3.08. The molecule has 0 aliphatic heterocycles. The summed E-state index contributed by atoms with van der Waals surface area (Å²) < 4.78 is 0.807. The number of hydrogen-bond acceptors (Lipinski definition) is 3. The first-order chi connectivity index (χ1) is 8.70. The van der Waals surface area contributed by atoms with Crippen molar-refractivity contribution in [3.63, 3.8) is 0 Å². The molecule has 0 heterocycles. The van der Waals surface area contributed by atoms with Crippen molar-refractivity contribution in [2.45, 2.75) is 26.3 Å². The van der Waals surface area contributed by atoms with E-state index >= 15 is 0 Å². The van der Waals surface area contributed by atoms with Crippen LogP contribution in [-0.2, 0) is 4.79 Å². The molecule has 0 spiro atoms. The summed E-state index contributed by atoms with van der Waals surface area (Å²) in [4.78, 5) is 12.0. The Balaban J connectivity index is 2.76. The van der Waals surface area contributed by atoms with Crippen LogP contribution >= 0.6 is 28.1 Å². The molecule has 1 aromatic carbocycles. The Kier molecular flexibility index (Phi) is 5.31. The second kappa shape index (κ2) is 6.34. The highest BCUT2D eigenvalue weighted by Gasteiger charge is 2.14. The minimum absolute atomic E-state index is 0.0821. The lowest BCUT2D eigenvalue weighted by Crippen LogP contribution is -2.43. The molecule has 104 valence electrons. The number of nitrogens with one attached hydrogen (secondary N) is 2. The van der Waals surface area contributed by atoms with Crippen molar-refractivity contribution in [1.29, 1.82) is 0 Å². The van der Waals surface area contributed by atoms with Crippen molar-refractivity contribution >= 4 is 44.7 Å². The van der Waals surface area contributed by atoms with Crippen molar-refractivity contribution in [3.8, 4) is 0 Å². The second-order valence-electron chi connectivity index (χ2n) is 5.18. The monoisotopic (exact) mass is 343 g/mol. The number of hydrogen-bond donors (Lipinski definition) is 3. The molecule has 1 rings (SSSR count). The van der Waals surface area contributed by atoms with E-state index in [9.17, 15) is 4.79 Å². The van der Waals surface area contributed by atoms with Crippen LogP contribution < -0.4 is 16.4 Å². The van der Waals surface area contributed by atoms with Gasteiger partial charge in [0.2, 0.25) is 5.91 Å². The van der Waals surface area contributed by atoms with Crippen LogP contribution in [0.5, 0.6) is 0 Å². The predicted octanol–water partition coefficient (Wildman–Crippen LogP) is 2.41. The molecular weight excluding hydrogens is 326 g/mol. The van der Waals surface area contributed by atoms with E-state index in [1.165, 1.54) is 0 Å². The number of carbonyl (C=O) groups excluding carboxylic acids is 1. The van der Waals surface area contributed by atoms with Crippen LogP contribution in [0.25, 0.3) is 0 Å². The standard InChI is InChI=1S/C13H18BrN3OS/c1-13(2,3)17-10(18)7-16-9-6-4-5-8(14)11(9)12(15)19/h4-6,16H,7H2,1-3H3,(H2,15,19)(H,17,18). The van der Waals surface area contributed by atoms with Crippen LogP contribution in [0.2, 0.25) is 0 Å². The zero-order chi connectivity index (χ0) is 14.6. The Hall–Kier alpha value is -1.14. The fourth-order valence-electron chi connectivity index (χ4n) is 1.56. The summed E-state index contributed by atoms with van der Waals surface area (Å²) in [5, 5.41) is 5.92. The Morgan fingerprint density at radius 3 is 2.58 bits per heavy atom. The number of rotatable bonds is 4. The van der Waals surface area contributed by atoms with E-state index in [0.717, 1.165) is 10.2 Å². The summed E-state index contributed by atoms with van der Waals surface area (Å²) in [6, 6.07) is 5.55. The number of amides is 1. The van der Waals surface area contributed by atoms with Crippen LogP contribution in [0, 0.1) is 0 Å². The van der Waals surface area contributed by atoms with Crippen LogP contribution in [0.3, 0.4) is 0 Å². The first-order valence-corrected chi connectivity index (χ1v) is 7.04. The molecule has 0 bridgehead atoms. The first kappa shape index (κ1) is 15.9. The molecule has 0 aromatic heterocycles. The molecule has 0 unspecified atom stereocenters. The van der Waals surface area contributed by atoms with Gasteiger partial charge in [-0.2, -0.15) is 0 Å². The van der Waals surface area contributed by atoms with Gasteiger partial charge in [0.1, 0.15) is 4.99 Å². The zero-order valence-electron chi connectivity index (χ0n) is 11.2. The molecule has 0 radical (unpaired) electrons. The van der Waals surface area contributed by atoms with E-state index in [4.69, 9.17) is 18.0 Å². The van der Waals surface area contributed by atoms with Crippen molar-refractivity contribution < 1.29 is 4.79 Å². The molecular formula is C13H18BrN3OS. The fraction of sp³-hybridized carbons (Fsp3) is 0.385. The lowest BCUT2D eigenvalue weighted by atomic mass is 10.1. The normalized spacial score (nSPS) is 10.9. The molecule has 0 aliphatic carbocycles. The number of nitrogens with two attached hydrogens (primary N) is 1. The van der Waals surface area contributed by atoms with E-state index < -0.39 is 0 Å². The van der Waals surface area contributed by atoms with Crippen LogP contribution in [0.1, 0.15) is 26.3 Å². The lowest BCUT2D eigenvalue weighted by Gasteiger charge is -2.21. The molecule has 19 heavy (non-hydrogen) atoms. The van der Waals surface area contributed by atoms with Crippen molar-refractivity contribution in [2.24, 2.45) is 5.73 Å². The van der Waals surface area contributed by atoms with Crippen molar-refractivity contribution in [2.75, 3.05) is 11.9 Å². The van der Waals surface area contributed by atoms with Gasteiger partial charge in [-0.3, -0.25) is 4.79 Å². The van der Waals surface area contributed by atoms with Crippen LogP contribution in [0.4, 0.5) is 5.69 Å². The number of benzene rings is 1. The summed E-state index contributed by atoms with van der Waals surface area (Å²) in [5.74, 6) is -0.0821. The summed E-state index contributed by atoms with van der Waals surface area (Å²) in [6.45, 7) is 5.97.